The first-order valence-corrected chi connectivity index (χ1v) is 12.0. The van der Waals surface area contributed by atoms with Crippen molar-refractivity contribution < 1.29 is 24.2 Å². The molecular formula is C30H28N2O5. The Kier molecular flexibility index (Phi) is 8.86. The van der Waals surface area contributed by atoms with Crippen LogP contribution in [0.25, 0.3) is 0 Å². The van der Waals surface area contributed by atoms with E-state index >= 15 is 0 Å². The average molecular weight is 497 g/mol. The number of amides is 1. The van der Waals surface area contributed by atoms with Crippen LogP contribution < -0.4 is 14.8 Å². The molecule has 0 aliphatic carbocycles. The molecule has 0 aliphatic rings. The number of hydrogen-bond acceptors (Lipinski definition) is 5. The maximum atomic E-state index is 12.7. The van der Waals surface area contributed by atoms with Gasteiger partial charge < -0.3 is 19.9 Å². The van der Waals surface area contributed by atoms with Crippen molar-refractivity contribution in [3.63, 3.8) is 0 Å². The highest BCUT2D eigenvalue weighted by Crippen LogP contribution is 2.16. The minimum Gasteiger partial charge on any atom is -0.493 e. The summed E-state index contributed by atoms with van der Waals surface area (Å²) in [6.45, 7) is 0.905. The first-order chi connectivity index (χ1) is 18.1. The smallest absolute Gasteiger partial charge is 0.326 e. The van der Waals surface area contributed by atoms with Gasteiger partial charge in [-0.15, -0.1) is 0 Å². The molecular weight excluding hydrogens is 468 g/mol. The lowest BCUT2D eigenvalue weighted by molar-refractivity contribution is -0.139. The molecule has 7 heteroatoms. The molecule has 0 spiro atoms. The second kappa shape index (κ2) is 12.9. The fourth-order valence-corrected chi connectivity index (χ4v) is 3.66. The van der Waals surface area contributed by atoms with E-state index in [-0.39, 0.29) is 6.42 Å². The van der Waals surface area contributed by atoms with Crippen LogP contribution in [0.4, 0.5) is 0 Å². The molecule has 0 saturated carbocycles. The van der Waals surface area contributed by atoms with Crippen molar-refractivity contribution in [1.29, 1.82) is 0 Å². The Morgan fingerprint density at radius 3 is 2.14 bits per heavy atom. The molecule has 0 fully saturated rings. The fourth-order valence-electron chi connectivity index (χ4n) is 3.66. The minimum absolute atomic E-state index is 0.148. The largest absolute Gasteiger partial charge is 0.493 e. The number of ether oxygens (including phenoxy) is 2. The first kappa shape index (κ1) is 25.4. The molecule has 7 nitrogen and oxygen atoms in total. The summed E-state index contributed by atoms with van der Waals surface area (Å²) >= 11 is 0. The van der Waals surface area contributed by atoms with Crippen LogP contribution in [0.15, 0.2) is 103 Å². The van der Waals surface area contributed by atoms with Gasteiger partial charge in [-0.2, -0.15) is 0 Å². The number of nitrogens with zero attached hydrogens (tertiary/aromatic N) is 1. The number of pyridine rings is 1. The molecule has 1 amide bonds. The number of nitrogens with one attached hydrogen (secondary N) is 1. The van der Waals surface area contributed by atoms with E-state index in [1.54, 1.807) is 54.7 Å². The zero-order chi connectivity index (χ0) is 25.9. The van der Waals surface area contributed by atoms with E-state index in [2.05, 4.69) is 10.3 Å². The molecule has 0 saturated heterocycles. The molecule has 2 N–H and O–H groups in total. The van der Waals surface area contributed by atoms with Crippen molar-refractivity contribution >= 4 is 11.9 Å². The van der Waals surface area contributed by atoms with Gasteiger partial charge in [-0.3, -0.25) is 9.78 Å². The van der Waals surface area contributed by atoms with Crippen molar-refractivity contribution in [2.75, 3.05) is 6.61 Å². The predicted octanol–water partition coefficient (Wildman–Crippen LogP) is 4.71. The molecule has 37 heavy (non-hydrogen) atoms. The molecule has 0 radical (unpaired) electrons. The zero-order valence-corrected chi connectivity index (χ0v) is 20.2. The Bertz CT molecular complexity index is 1280. The van der Waals surface area contributed by atoms with Gasteiger partial charge in [0.25, 0.3) is 5.91 Å². The van der Waals surface area contributed by atoms with Gasteiger partial charge in [-0.1, -0.05) is 48.5 Å². The first-order valence-electron chi connectivity index (χ1n) is 12.0. The number of carbonyl (C=O) groups is 2. The summed E-state index contributed by atoms with van der Waals surface area (Å²) in [4.78, 5) is 28.8. The van der Waals surface area contributed by atoms with E-state index in [1.165, 1.54) is 0 Å². The van der Waals surface area contributed by atoms with Crippen LogP contribution in [0, 0.1) is 0 Å². The summed E-state index contributed by atoms with van der Waals surface area (Å²) in [6, 6.07) is 28.3. The molecule has 0 bridgehead atoms. The molecule has 188 valence electrons. The summed E-state index contributed by atoms with van der Waals surface area (Å²) < 4.78 is 11.5. The van der Waals surface area contributed by atoms with Crippen molar-refractivity contribution in [2.45, 2.75) is 25.5 Å². The van der Waals surface area contributed by atoms with Gasteiger partial charge >= 0.3 is 5.97 Å². The lowest BCUT2D eigenvalue weighted by atomic mass is 10.1. The third kappa shape index (κ3) is 7.93. The number of benzene rings is 3. The Balaban J connectivity index is 1.27. The van der Waals surface area contributed by atoms with Crippen LogP contribution in [-0.4, -0.2) is 34.6 Å². The highest BCUT2D eigenvalue weighted by atomic mass is 16.5. The van der Waals surface area contributed by atoms with Gasteiger partial charge in [-0.05, 0) is 59.7 Å². The van der Waals surface area contributed by atoms with E-state index in [1.807, 2.05) is 48.5 Å². The quantitative estimate of drug-likeness (QED) is 0.295. The van der Waals surface area contributed by atoms with Crippen LogP contribution in [-0.2, 0) is 24.2 Å². The van der Waals surface area contributed by atoms with Crippen molar-refractivity contribution in [1.82, 2.24) is 10.3 Å². The normalized spacial score (nSPS) is 11.4. The standard InChI is InChI=1S/C30H28N2O5/c33-29(24-11-15-26(16-12-24)36-19-17-25-8-4-5-18-31-25)32-28(30(34)35)20-22-9-13-27(14-10-22)37-21-23-6-2-1-3-7-23/h1-16,18,28H,17,19-21H2,(H,32,33)(H,34,35)/t28-/m0/s1. The monoisotopic (exact) mass is 496 g/mol. The Labute approximate surface area is 215 Å². The summed E-state index contributed by atoms with van der Waals surface area (Å²) in [6.07, 6.45) is 2.56. The predicted molar refractivity (Wildman–Crippen MR) is 140 cm³/mol. The molecule has 3 aromatic carbocycles. The lowest BCUT2D eigenvalue weighted by Gasteiger charge is -2.15. The highest BCUT2D eigenvalue weighted by molar-refractivity contribution is 5.96. The SMILES string of the molecule is O=C(N[C@@H](Cc1ccc(OCc2ccccc2)cc1)C(=O)O)c1ccc(OCCc2ccccn2)cc1. The average Bonchev–Trinajstić information content (AvgIpc) is 2.93. The van der Waals surface area contributed by atoms with Gasteiger partial charge in [-0.25, -0.2) is 4.79 Å². The number of carbonyl (C=O) groups excluding carboxylic acids is 1. The Morgan fingerprint density at radius 2 is 1.46 bits per heavy atom. The van der Waals surface area contributed by atoms with Gasteiger partial charge in [0.05, 0.1) is 6.61 Å². The van der Waals surface area contributed by atoms with Gasteiger partial charge in [0.2, 0.25) is 0 Å². The molecule has 1 atom stereocenters. The fraction of sp³-hybridized carbons (Fsp3) is 0.167. The minimum atomic E-state index is -1.10. The van der Waals surface area contributed by atoms with Crippen LogP contribution in [0.2, 0.25) is 0 Å². The van der Waals surface area contributed by atoms with Gasteiger partial charge in [0.1, 0.15) is 24.1 Å². The van der Waals surface area contributed by atoms with Crippen molar-refractivity contribution in [3.05, 3.63) is 126 Å². The second-order valence-corrected chi connectivity index (χ2v) is 8.43. The van der Waals surface area contributed by atoms with Gasteiger partial charge in [0, 0.05) is 30.3 Å². The maximum Gasteiger partial charge on any atom is 0.326 e. The summed E-state index contributed by atoms with van der Waals surface area (Å²) in [5.41, 5.74) is 3.13. The van der Waals surface area contributed by atoms with Crippen molar-refractivity contribution in [3.8, 4) is 11.5 Å². The number of aliphatic carboxylic acids is 1. The van der Waals surface area contributed by atoms with Crippen LogP contribution in [0.5, 0.6) is 11.5 Å². The van der Waals surface area contributed by atoms with E-state index < -0.39 is 17.9 Å². The van der Waals surface area contributed by atoms with Crippen LogP contribution in [0.1, 0.15) is 27.2 Å². The van der Waals surface area contributed by atoms with Crippen molar-refractivity contribution in [2.24, 2.45) is 0 Å². The number of carboxylic acids is 1. The topological polar surface area (TPSA) is 97.8 Å². The molecule has 1 heterocycles. The van der Waals surface area contributed by atoms with E-state index in [0.29, 0.717) is 36.7 Å². The zero-order valence-electron chi connectivity index (χ0n) is 20.2. The second-order valence-electron chi connectivity index (χ2n) is 8.43. The number of carboxylic acid groups (broad SMARTS) is 1. The van der Waals surface area contributed by atoms with E-state index in [4.69, 9.17) is 9.47 Å². The highest BCUT2D eigenvalue weighted by Gasteiger charge is 2.21. The number of rotatable bonds is 12. The molecule has 0 unspecified atom stereocenters. The van der Waals surface area contributed by atoms with Gasteiger partial charge in [0.15, 0.2) is 0 Å². The Morgan fingerprint density at radius 1 is 0.784 bits per heavy atom. The summed E-state index contributed by atoms with van der Waals surface area (Å²) in [5.74, 6) is -0.259. The summed E-state index contributed by atoms with van der Waals surface area (Å²) in [7, 11) is 0. The lowest BCUT2D eigenvalue weighted by Crippen LogP contribution is -2.42. The van der Waals surface area contributed by atoms with E-state index in [9.17, 15) is 14.7 Å². The third-order valence-electron chi connectivity index (χ3n) is 5.68. The number of hydrogen-bond donors (Lipinski definition) is 2. The molecule has 4 rings (SSSR count). The third-order valence-corrected chi connectivity index (χ3v) is 5.68. The van der Waals surface area contributed by atoms with E-state index in [0.717, 1.165) is 16.8 Å². The molecule has 4 aromatic rings. The number of aromatic nitrogens is 1. The molecule has 0 aliphatic heterocycles. The Hall–Kier alpha value is -4.65. The van der Waals surface area contributed by atoms with Crippen LogP contribution in [0.3, 0.4) is 0 Å². The molecule has 1 aromatic heterocycles. The maximum absolute atomic E-state index is 12.7. The summed E-state index contributed by atoms with van der Waals surface area (Å²) in [5, 5.41) is 12.3. The van der Waals surface area contributed by atoms with Crippen LogP contribution >= 0.6 is 0 Å².